The van der Waals surface area contributed by atoms with Crippen molar-refractivity contribution in [2.24, 2.45) is 0 Å². The third-order valence-electron chi connectivity index (χ3n) is 2.37. The minimum Gasteiger partial charge on any atom is -0.481 e. The van der Waals surface area contributed by atoms with Crippen LogP contribution in [0.4, 0.5) is 8.78 Å². The molecule has 0 saturated carbocycles. The lowest BCUT2D eigenvalue weighted by atomic mass is 10.1. The maximum Gasteiger partial charge on any atom is 0.311 e. The number of nitrogens with zero attached hydrogens (tertiary/aromatic N) is 1. The van der Waals surface area contributed by atoms with Crippen LogP contribution in [0.3, 0.4) is 0 Å². The van der Waals surface area contributed by atoms with E-state index >= 15 is 0 Å². The Morgan fingerprint density at radius 1 is 1.47 bits per heavy atom. The normalized spacial score (nSPS) is 10.5. The fourth-order valence-electron chi connectivity index (χ4n) is 1.37. The van der Waals surface area contributed by atoms with Gasteiger partial charge in [0.25, 0.3) is 6.43 Å². The molecule has 6 heteroatoms. The molecular formula is C11H13F2NO3. The summed E-state index contributed by atoms with van der Waals surface area (Å²) in [6.07, 6.45) is -2.79. The van der Waals surface area contributed by atoms with Gasteiger partial charge in [-0.2, -0.15) is 0 Å². The van der Waals surface area contributed by atoms with Crippen LogP contribution >= 0.6 is 0 Å². The van der Waals surface area contributed by atoms with Gasteiger partial charge in [0.1, 0.15) is 0 Å². The first-order valence-corrected chi connectivity index (χ1v) is 4.89. The van der Waals surface area contributed by atoms with Crippen LogP contribution < -0.4 is 4.74 Å². The molecule has 0 fully saturated rings. The Hall–Kier alpha value is -1.72. The van der Waals surface area contributed by atoms with Gasteiger partial charge in [0, 0.05) is 11.6 Å². The molecule has 0 aromatic carbocycles. The van der Waals surface area contributed by atoms with E-state index in [1.165, 1.54) is 27.2 Å². The zero-order valence-corrected chi connectivity index (χ0v) is 9.79. The molecular weight excluding hydrogens is 232 g/mol. The average molecular weight is 245 g/mol. The third kappa shape index (κ3) is 3.12. The molecule has 0 unspecified atom stereocenters. The maximum absolute atomic E-state index is 12.7. The number of methoxy groups -OCH3 is 2. The number of esters is 1. The average Bonchev–Trinajstić information content (AvgIpc) is 2.31. The van der Waals surface area contributed by atoms with E-state index in [4.69, 9.17) is 4.74 Å². The molecule has 1 aromatic rings. The predicted molar refractivity (Wildman–Crippen MR) is 56.2 cm³/mol. The number of carbonyl (C=O) groups excluding carboxylic acids is 1. The van der Waals surface area contributed by atoms with Crippen LogP contribution in [0.5, 0.6) is 5.88 Å². The van der Waals surface area contributed by atoms with Crippen molar-refractivity contribution in [3.63, 3.8) is 0 Å². The molecule has 94 valence electrons. The first kappa shape index (κ1) is 13.3. The van der Waals surface area contributed by atoms with E-state index in [-0.39, 0.29) is 29.1 Å². The summed E-state index contributed by atoms with van der Waals surface area (Å²) in [5, 5.41) is 0. The van der Waals surface area contributed by atoms with Gasteiger partial charge in [-0.3, -0.25) is 4.79 Å². The number of hydrogen-bond donors (Lipinski definition) is 0. The molecule has 0 aliphatic rings. The van der Waals surface area contributed by atoms with Gasteiger partial charge in [-0.15, -0.1) is 0 Å². The molecule has 0 aliphatic carbocycles. The molecule has 4 nitrogen and oxygen atoms in total. The predicted octanol–water partition coefficient (Wildman–Crippen LogP) is 2.05. The van der Waals surface area contributed by atoms with Gasteiger partial charge in [-0.05, 0) is 12.5 Å². The molecule has 0 aliphatic heterocycles. The highest BCUT2D eigenvalue weighted by atomic mass is 19.3. The van der Waals surface area contributed by atoms with Crippen LogP contribution in [0.1, 0.15) is 23.2 Å². The van der Waals surface area contributed by atoms with E-state index in [1.807, 2.05) is 0 Å². The Morgan fingerprint density at radius 2 is 2.12 bits per heavy atom. The number of rotatable bonds is 4. The summed E-state index contributed by atoms with van der Waals surface area (Å²) in [5.74, 6) is -0.473. The summed E-state index contributed by atoms with van der Waals surface area (Å²) in [6, 6.07) is 1.17. The van der Waals surface area contributed by atoms with Gasteiger partial charge >= 0.3 is 5.97 Å². The number of ether oxygens (including phenoxy) is 2. The molecule has 1 heterocycles. The van der Waals surface area contributed by atoms with Crippen molar-refractivity contribution in [3.8, 4) is 5.88 Å². The fourth-order valence-corrected chi connectivity index (χ4v) is 1.37. The molecule has 0 bridgehead atoms. The standard InChI is InChI=1S/C11H13F2NO3/c1-6-7(11(12)13)4-9(16-2)14-8(6)5-10(15)17-3/h4,11H,5H2,1-3H3. The SMILES string of the molecule is COC(=O)Cc1nc(OC)cc(C(F)F)c1C. The topological polar surface area (TPSA) is 48.4 Å². The van der Waals surface area contributed by atoms with Crippen LogP contribution in [0, 0.1) is 6.92 Å². The van der Waals surface area contributed by atoms with Gasteiger partial charge in [-0.1, -0.05) is 0 Å². The highest BCUT2D eigenvalue weighted by molar-refractivity contribution is 5.72. The zero-order chi connectivity index (χ0) is 13.0. The van der Waals surface area contributed by atoms with Crippen molar-refractivity contribution in [1.82, 2.24) is 4.98 Å². The zero-order valence-electron chi connectivity index (χ0n) is 9.79. The molecule has 0 spiro atoms. The summed E-state index contributed by atoms with van der Waals surface area (Å²) in [6.45, 7) is 1.49. The first-order chi connectivity index (χ1) is 7.99. The summed E-state index contributed by atoms with van der Waals surface area (Å²) in [4.78, 5) is 15.1. The second-order valence-corrected chi connectivity index (χ2v) is 3.38. The van der Waals surface area contributed by atoms with Crippen LogP contribution in [0.15, 0.2) is 6.07 Å². The number of halogens is 2. The second-order valence-electron chi connectivity index (χ2n) is 3.38. The van der Waals surface area contributed by atoms with Crippen molar-refractivity contribution < 1.29 is 23.0 Å². The van der Waals surface area contributed by atoms with E-state index in [1.54, 1.807) is 0 Å². The molecule has 1 rings (SSSR count). The Balaban J connectivity index is 3.19. The van der Waals surface area contributed by atoms with Gasteiger partial charge in [-0.25, -0.2) is 13.8 Å². The highest BCUT2D eigenvalue weighted by Gasteiger charge is 2.18. The number of hydrogen-bond acceptors (Lipinski definition) is 4. The van der Waals surface area contributed by atoms with Gasteiger partial charge in [0.15, 0.2) is 0 Å². The first-order valence-electron chi connectivity index (χ1n) is 4.89. The molecule has 0 N–H and O–H groups in total. The van der Waals surface area contributed by atoms with Crippen LogP contribution in [0.25, 0.3) is 0 Å². The Morgan fingerprint density at radius 3 is 2.59 bits per heavy atom. The number of carbonyl (C=O) groups is 1. The lowest BCUT2D eigenvalue weighted by Gasteiger charge is -2.11. The van der Waals surface area contributed by atoms with Gasteiger partial charge < -0.3 is 9.47 Å². The van der Waals surface area contributed by atoms with Gasteiger partial charge in [0.05, 0.1) is 26.3 Å². The molecule has 0 atom stereocenters. The smallest absolute Gasteiger partial charge is 0.311 e. The minimum atomic E-state index is -2.64. The van der Waals surface area contributed by atoms with E-state index in [0.717, 1.165) is 0 Å². The molecule has 0 amide bonds. The van der Waals surface area contributed by atoms with Crippen molar-refractivity contribution in [2.45, 2.75) is 19.8 Å². The Bertz CT molecular complexity index is 421. The summed E-state index contributed by atoms with van der Waals surface area (Å²) < 4.78 is 34.8. The Labute approximate surface area is 97.6 Å². The lowest BCUT2D eigenvalue weighted by molar-refractivity contribution is -0.139. The minimum absolute atomic E-state index is 0.0600. The van der Waals surface area contributed by atoms with Crippen molar-refractivity contribution >= 4 is 5.97 Å². The van der Waals surface area contributed by atoms with Crippen molar-refractivity contribution in [3.05, 3.63) is 22.9 Å². The largest absolute Gasteiger partial charge is 0.481 e. The number of aromatic nitrogens is 1. The van der Waals surface area contributed by atoms with Crippen LogP contribution in [-0.2, 0) is 16.0 Å². The van der Waals surface area contributed by atoms with Gasteiger partial charge in [0.2, 0.25) is 5.88 Å². The van der Waals surface area contributed by atoms with Crippen LogP contribution in [-0.4, -0.2) is 25.2 Å². The Kier molecular flexibility index (Phi) is 4.37. The second kappa shape index (κ2) is 5.56. The third-order valence-corrected chi connectivity index (χ3v) is 2.37. The quantitative estimate of drug-likeness (QED) is 0.762. The maximum atomic E-state index is 12.7. The molecule has 0 saturated heterocycles. The van der Waals surface area contributed by atoms with E-state index in [9.17, 15) is 13.6 Å². The van der Waals surface area contributed by atoms with Crippen molar-refractivity contribution in [2.75, 3.05) is 14.2 Å². The number of alkyl halides is 2. The summed E-state index contributed by atoms with van der Waals surface area (Å²) >= 11 is 0. The highest BCUT2D eigenvalue weighted by Crippen LogP contribution is 2.27. The lowest BCUT2D eigenvalue weighted by Crippen LogP contribution is -2.10. The monoisotopic (exact) mass is 245 g/mol. The van der Waals surface area contributed by atoms with E-state index < -0.39 is 12.4 Å². The fraction of sp³-hybridized carbons (Fsp3) is 0.455. The van der Waals surface area contributed by atoms with E-state index in [2.05, 4.69) is 9.72 Å². The molecule has 17 heavy (non-hydrogen) atoms. The van der Waals surface area contributed by atoms with Crippen LogP contribution in [0.2, 0.25) is 0 Å². The number of pyridine rings is 1. The molecule has 0 radical (unpaired) electrons. The summed E-state index contributed by atoms with van der Waals surface area (Å²) in [7, 11) is 2.56. The summed E-state index contributed by atoms with van der Waals surface area (Å²) in [5.41, 5.74) is 0.341. The molecule has 1 aromatic heterocycles. The van der Waals surface area contributed by atoms with E-state index in [0.29, 0.717) is 0 Å². The van der Waals surface area contributed by atoms with Crippen molar-refractivity contribution in [1.29, 1.82) is 0 Å².